The van der Waals surface area contributed by atoms with Crippen LogP contribution in [0.2, 0.25) is 0 Å². The number of quaternary nitrogens is 1. The van der Waals surface area contributed by atoms with Crippen LogP contribution in [0.25, 0.3) is 0 Å². The third-order valence-electron chi connectivity index (χ3n) is 4.46. The highest BCUT2D eigenvalue weighted by molar-refractivity contribution is 5.60. The SMILES string of the molecule is CC(C)(C)[N+]1(C(=O)O)CCC[C@H]1CNc1ncncc1N. The van der Waals surface area contributed by atoms with E-state index in [1.807, 2.05) is 20.8 Å². The van der Waals surface area contributed by atoms with E-state index >= 15 is 0 Å². The summed E-state index contributed by atoms with van der Waals surface area (Å²) in [6.07, 6.45) is 3.99. The molecule has 1 aromatic heterocycles. The van der Waals surface area contributed by atoms with E-state index in [-0.39, 0.29) is 16.1 Å². The first-order chi connectivity index (χ1) is 9.79. The van der Waals surface area contributed by atoms with Gasteiger partial charge in [-0.05, 0) is 20.8 Å². The van der Waals surface area contributed by atoms with Gasteiger partial charge in [0.15, 0.2) is 5.82 Å². The number of amides is 1. The van der Waals surface area contributed by atoms with Crippen molar-refractivity contribution in [2.45, 2.75) is 45.2 Å². The molecule has 0 aliphatic carbocycles. The molecule has 1 fully saturated rings. The fourth-order valence-electron chi connectivity index (χ4n) is 3.36. The highest BCUT2D eigenvalue weighted by atomic mass is 16.4. The quantitative estimate of drug-likeness (QED) is 0.736. The molecule has 1 unspecified atom stereocenters. The van der Waals surface area contributed by atoms with E-state index < -0.39 is 6.09 Å². The minimum atomic E-state index is -0.762. The first kappa shape index (κ1) is 15.5. The molecule has 0 bridgehead atoms. The molecule has 116 valence electrons. The summed E-state index contributed by atoms with van der Waals surface area (Å²) in [4.78, 5) is 19.9. The lowest BCUT2D eigenvalue weighted by Crippen LogP contribution is -2.67. The molecule has 0 spiro atoms. The van der Waals surface area contributed by atoms with Crippen molar-refractivity contribution in [3.05, 3.63) is 12.5 Å². The van der Waals surface area contributed by atoms with E-state index in [2.05, 4.69) is 15.3 Å². The second kappa shape index (κ2) is 5.48. The Labute approximate surface area is 124 Å². The molecule has 1 amide bonds. The number of likely N-dealkylation sites (tertiary alicyclic amines) is 1. The number of aromatic nitrogens is 2. The molecule has 4 N–H and O–H groups in total. The first-order valence-electron chi connectivity index (χ1n) is 7.19. The summed E-state index contributed by atoms with van der Waals surface area (Å²) >= 11 is 0. The lowest BCUT2D eigenvalue weighted by atomic mass is 9.99. The molecule has 7 nitrogen and oxygen atoms in total. The summed E-state index contributed by atoms with van der Waals surface area (Å²) in [5.41, 5.74) is 5.93. The van der Waals surface area contributed by atoms with Crippen molar-refractivity contribution in [2.24, 2.45) is 0 Å². The van der Waals surface area contributed by atoms with Crippen LogP contribution < -0.4 is 11.1 Å². The zero-order valence-electron chi connectivity index (χ0n) is 12.8. The summed E-state index contributed by atoms with van der Waals surface area (Å²) in [6.45, 7) is 7.14. The number of carbonyl (C=O) groups is 1. The third kappa shape index (κ3) is 2.65. The van der Waals surface area contributed by atoms with Crippen LogP contribution in [-0.2, 0) is 0 Å². The summed E-state index contributed by atoms with van der Waals surface area (Å²) in [5.74, 6) is 0.564. The molecule has 1 aliphatic rings. The minimum absolute atomic E-state index is 0.00290. The number of rotatable bonds is 3. The Kier molecular flexibility index (Phi) is 4.04. The Morgan fingerprint density at radius 1 is 1.57 bits per heavy atom. The number of hydrogen-bond donors (Lipinski definition) is 3. The average molecular weight is 294 g/mol. The van der Waals surface area contributed by atoms with Crippen molar-refractivity contribution in [3.8, 4) is 0 Å². The molecular weight excluding hydrogens is 270 g/mol. The Bertz CT molecular complexity index is 528. The van der Waals surface area contributed by atoms with Gasteiger partial charge in [0, 0.05) is 12.8 Å². The Balaban J connectivity index is 2.19. The number of nitrogen functional groups attached to an aromatic ring is 1. The van der Waals surface area contributed by atoms with Gasteiger partial charge in [-0.25, -0.2) is 14.5 Å². The van der Waals surface area contributed by atoms with Crippen molar-refractivity contribution in [1.82, 2.24) is 9.97 Å². The molecule has 0 saturated carbocycles. The van der Waals surface area contributed by atoms with Crippen LogP contribution in [-0.4, -0.2) is 50.3 Å². The van der Waals surface area contributed by atoms with Gasteiger partial charge < -0.3 is 16.2 Å². The van der Waals surface area contributed by atoms with Crippen molar-refractivity contribution in [3.63, 3.8) is 0 Å². The molecule has 0 radical (unpaired) electrons. The van der Waals surface area contributed by atoms with Crippen LogP contribution in [0.15, 0.2) is 12.5 Å². The topological polar surface area (TPSA) is 101 Å². The number of nitrogens with one attached hydrogen (secondary N) is 1. The highest BCUT2D eigenvalue weighted by Crippen LogP contribution is 2.37. The molecule has 2 atom stereocenters. The second-order valence-electron chi connectivity index (χ2n) is 6.55. The molecule has 2 heterocycles. The Morgan fingerprint density at radius 2 is 2.29 bits per heavy atom. The predicted molar refractivity (Wildman–Crippen MR) is 80.9 cm³/mol. The predicted octanol–water partition coefficient (Wildman–Crippen LogP) is 1.93. The van der Waals surface area contributed by atoms with Crippen LogP contribution in [0.3, 0.4) is 0 Å². The van der Waals surface area contributed by atoms with E-state index in [1.165, 1.54) is 12.5 Å². The van der Waals surface area contributed by atoms with Crippen molar-refractivity contribution in [2.75, 3.05) is 24.1 Å². The lowest BCUT2D eigenvalue weighted by Gasteiger charge is -2.44. The van der Waals surface area contributed by atoms with Gasteiger partial charge in [-0.1, -0.05) is 0 Å². The number of nitrogens with zero attached hydrogens (tertiary/aromatic N) is 3. The van der Waals surface area contributed by atoms with E-state index in [4.69, 9.17) is 5.73 Å². The van der Waals surface area contributed by atoms with Gasteiger partial charge in [-0.3, -0.25) is 0 Å². The number of carboxylic acid groups (broad SMARTS) is 1. The maximum absolute atomic E-state index is 12.0. The Morgan fingerprint density at radius 3 is 2.86 bits per heavy atom. The monoisotopic (exact) mass is 294 g/mol. The van der Waals surface area contributed by atoms with Crippen LogP contribution in [0.1, 0.15) is 33.6 Å². The van der Waals surface area contributed by atoms with Gasteiger partial charge in [-0.15, -0.1) is 0 Å². The van der Waals surface area contributed by atoms with Gasteiger partial charge in [0.1, 0.15) is 17.9 Å². The summed E-state index contributed by atoms with van der Waals surface area (Å²) in [7, 11) is 0. The van der Waals surface area contributed by atoms with Gasteiger partial charge in [0.25, 0.3) is 0 Å². The minimum Gasteiger partial charge on any atom is -0.435 e. The molecule has 2 rings (SSSR count). The van der Waals surface area contributed by atoms with Crippen molar-refractivity contribution in [1.29, 1.82) is 0 Å². The van der Waals surface area contributed by atoms with E-state index in [0.29, 0.717) is 24.6 Å². The molecule has 1 aromatic rings. The van der Waals surface area contributed by atoms with Crippen molar-refractivity contribution >= 4 is 17.6 Å². The number of hydrogen-bond acceptors (Lipinski definition) is 5. The summed E-state index contributed by atoms with van der Waals surface area (Å²) < 4.78 is 0.0744. The first-order valence-corrected chi connectivity index (χ1v) is 7.19. The van der Waals surface area contributed by atoms with E-state index in [9.17, 15) is 9.90 Å². The maximum Gasteiger partial charge on any atom is 0.514 e. The lowest BCUT2D eigenvalue weighted by molar-refractivity contribution is -0.912. The van der Waals surface area contributed by atoms with Crippen LogP contribution in [0.4, 0.5) is 16.3 Å². The van der Waals surface area contributed by atoms with Gasteiger partial charge >= 0.3 is 6.09 Å². The molecule has 1 aliphatic heterocycles. The van der Waals surface area contributed by atoms with Crippen LogP contribution in [0.5, 0.6) is 0 Å². The number of nitrogens with two attached hydrogens (primary N) is 1. The molecule has 0 aromatic carbocycles. The van der Waals surface area contributed by atoms with Crippen molar-refractivity contribution < 1.29 is 14.4 Å². The van der Waals surface area contributed by atoms with Crippen LogP contribution in [0, 0.1) is 0 Å². The zero-order valence-corrected chi connectivity index (χ0v) is 12.8. The molecule has 7 heteroatoms. The van der Waals surface area contributed by atoms with E-state index in [1.54, 1.807) is 0 Å². The highest BCUT2D eigenvalue weighted by Gasteiger charge is 2.56. The summed E-state index contributed by atoms with van der Waals surface area (Å²) in [5, 5.41) is 13.0. The smallest absolute Gasteiger partial charge is 0.435 e. The largest absolute Gasteiger partial charge is 0.514 e. The van der Waals surface area contributed by atoms with Gasteiger partial charge in [0.2, 0.25) is 0 Å². The second-order valence-corrected chi connectivity index (χ2v) is 6.55. The summed E-state index contributed by atoms with van der Waals surface area (Å²) in [6, 6.07) is -0.00290. The molecule has 1 saturated heterocycles. The van der Waals surface area contributed by atoms with Gasteiger partial charge in [0.05, 0.1) is 25.0 Å². The fourth-order valence-corrected chi connectivity index (χ4v) is 3.36. The Hall–Kier alpha value is -1.89. The third-order valence-corrected chi connectivity index (χ3v) is 4.46. The molecular formula is C14H24N5O2+. The normalized spacial score (nSPS) is 25.8. The maximum atomic E-state index is 12.0. The van der Waals surface area contributed by atoms with E-state index in [0.717, 1.165) is 12.8 Å². The fraction of sp³-hybridized carbons (Fsp3) is 0.643. The van der Waals surface area contributed by atoms with Crippen LogP contribution >= 0.6 is 0 Å². The number of anilines is 2. The average Bonchev–Trinajstić information content (AvgIpc) is 2.82. The van der Waals surface area contributed by atoms with Gasteiger partial charge in [-0.2, -0.15) is 4.79 Å². The molecule has 21 heavy (non-hydrogen) atoms. The standard InChI is InChI=1S/C14H23N5O2/c1-14(2,3)19(13(20)21)6-4-5-10(19)7-17-12-11(15)8-16-9-18-12/h8-10H,4-7,15H2,1-3H3,(H-,16,17,18,20,21)/p+1/t10-,19?/m0/s1. The zero-order chi connectivity index (χ0) is 15.7.